The highest BCUT2D eigenvalue weighted by atomic mass is 127. The predicted octanol–water partition coefficient (Wildman–Crippen LogP) is 3.30. The summed E-state index contributed by atoms with van der Waals surface area (Å²) in [5.74, 6) is 0.779. The summed E-state index contributed by atoms with van der Waals surface area (Å²) in [4.78, 5) is 16.1. The minimum Gasteiger partial charge on any atom is -0.357 e. The SMILES string of the molecule is CCCCCCNC(=NCc1ccc(C(=O)NC)cc1)NCC.I. The van der Waals surface area contributed by atoms with Gasteiger partial charge in [0.2, 0.25) is 0 Å². The van der Waals surface area contributed by atoms with Crippen molar-refractivity contribution in [3.63, 3.8) is 0 Å². The Kier molecular flexibility index (Phi) is 13.3. The Balaban J connectivity index is 0.00000529. The summed E-state index contributed by atoms with van der Waals surface area (Å²) >= 11 is 0. The van der Waals surface area contributed by atoms with Crippen LogP contribution in [0.1, 0.15) is 55.5 Å². The van der Waals surface area contributed by atoms with E-state index in [1.807, 2.05) is 24.3 Å². The summed E-state index contributed by atoms with van der Waals surface area (Å²) in [5, 5.41) is 9.24. The third kappa shape index (κ3) is 9.10. The number of carbonyl (C=O) groups excluding carboxylic acids is 1. The van der Waals surface area contributed by atoms with Crippen LogP contribution >= 0.6 is 24.0 Å². The van der Waals surface area contributed by atoms with Crippen LogP contribution in [0.3, 0.4) is 0 Å². The average Bonchev–Trinajstić information content (AvgIpc) is 2.59. The first-order valence-electron chi connectivity index (χ1n) is 8.54. The number of nitrogens with zero attached hydrogens (tertiary/aromatic N) is 1. The minimum atomic E-state index is -0.0675. The first-order chi connectivity index (χ1) is 11.2. The van der Waals surface area contributed by atoms with Crippen LogP contribution in [0, 0.1) is 0 Å². The molecule has 0 radical (unpaired) electrons. The van der Waals surface area contributed by atoms with Crippen LogP contribution in [0.25, 0.3) is 0 Å². The van der Waals surface area contributed by atoms with Crippen molar-refractivity contribution in [2.45, 2.75) is 46.1 Å². The smallest absolute Gasteiger partial charge is 0.251 e. The Morgan fingerprint density at radius 3 is 2.33 bits per heavy atom. The second kappa shape index (κ2) is 14.1. The van der Waals surface area contributed by atoms with E-state index in [9.17, 15) is 4.79 Å². The van der Waals surface area contributed by atoms with Crippen molar-refractivity contribution in [3.05, 3.63) is 35.4 Å². The Morgan fingerprint density at radius 1 is 1.04 bits per heavy atom. The summed E-state index contributed by atoms with van der Waals surface area (Å²) in [6, 6.07) is 7.54. The number of hydrogen-bond acceptors (Lipinski definition) is 2. The van der Waals surface area contributed by atoms with E-state index in [-0.39, 0.29) is 29.9 Å². The van der Waals surface area contributed by atoms with Gasteiger partial charge < -0.3 is 16.0 Å². The lowest BCUT2D eigenvalue weighted by atomic mass is 10.1. The zero-order valence-electron chi connectivity index (χ0n) is 15.0. The molecule has 136 valence electrons. The Bertz CT molecular complexity index is 488. The summed E-state index contributed by atoms with van der Waals surface area (Å²) < 4.78 is 0. The van der Waals surface area contributed by atoms with E-state index in [1.165, 1.54) is 25.7 Å². The van der Waals surface area contributed by atoms with Crippen LogP contribution in [-0.2, 0) is 6.54 Å². The molecule has 0 aromatic heterocycles. The molecule has 0 saturated heterocycles. The van der Waals surface area contributed by atoms with E-state index >= 15 is 0 Å². The van der Waals surface area contributed by atoms with E-state index in [1.54, 1.807) is 7.05 Å². The van der Waals surface area contributed by atoms with Gasteiger partial charge >= 0.3 is 0 Å². The van der Waals surface area contributed by atoms with Crippen molar-refractivity contribution in [3.8, 4) is 0 Å². The molecule has 0 fully saturated rings. The van der Waals surface area contributed by atoms with Gasteiger partial charge in [-0.05, 0) is 31.0 Å². The van der Waals surface area contributed by atoms with Crippen molar-refractivity contribution in [1.29, 1.82) is 0 Å². The molecular formula is C18H31IN4O. The number of carbonyl (C=O) groups is 1. The number of amides is 1. The molecule has 1 amide bonds. The van der Waals surface area contributed by atoms with Crippen LogP contribution in [0.15, 0.2) is 29.3 Å². The average molecular weight is 446 g/mol. The molecule has 1 aromatic carbocycles. The lowest BCUT2D eigenvalue weighted by Gasteiger charge is -2.11. The molecule has 6 heteroatoms. The Labute approximate surface area is 163 Å². The fourth-order valence-electron chi connectivity index (χ4n) is 2.18. The van der Waals surface area contributed by atoms with Gasteiger partial charge in [0, 0.05) is 25.7 Å². The number of hydrogen-bond donors (Lipinski definition) is 3. The Morgan fingerprint density at radius 2 is 1.75 bits per heavy atom. The summed E-state index contributed by atoms with van der Waals surface area (Å²) in [5.41, 5.74) is 1.75. The molecule has 24 heavy (non-hydrogen) atoms. The van der Waals surface area contributed by atoms with Crippen LogP contribution < -0.4 is 16.0 Å². The van der Waals surface area contributed by atoms with E-state index in [0.717, 1.165) is 24.6 Å². The number of nitrogens with one attached hydrogen (secondary N) is 3. The van der Waals surface area contributed by atoms with Crippen LogP contribution in [0.2, 0.25) is 0 Å². The number of unbranched alkanes of at least 4 members (excludes halogenated alkanes) is 3. The van der Waals surface area contributed by atoms with Gasteiger partial charge in [0.1, 0.15) is 0 Å². The largest absolute Gasteiger partial charge is 0.357 e. The predicted molar refractivity (Wildman–Crippen MR) is 112 cm³/mol. The fourth-order valence-corrected chi connectivity index (χ4v) is 2.18. The van der Waals surface area contributed by atoms with Gasteiger partial charge in [-0.3, -0.25) is 4.79 Å². The van der Waals surface area contributed by atoms with Gasteiger partial charge in [-0.1, -0.05) is 38.3 Å². The van der Waals surface area contributed by atoms with Gasteiger partial charge in [0.25, 0.3) is 5.91 Å². The van der Waals surface area contributed by atoms with Crippen molar-refractivity contribution >= 4 is 35.8 Å². The van der Waals surface area contributed by atoms with Crippen LogP contribution in [0.5, 0.6) is 0 Å². The van der Waals surface area contributed by atoms with Crippen molar-refractivity contribution < 1.29 is 4.79 Å². The van der Waals surface area contributed by atoms with Gasteiger partial charge in [0.05, 0.1) is 6.54 Å². The third-order valence-electron chi connectivity index (χ3n) is 3.53. The highest BCUT2D eigenvalue weighted by molar-refractivity contribution is 14.0. The standard InChI is InChI=1S/C18H30N4O.HI/c1-4-6-7-8-13-21-18(20-5-2)22-14-15-9-11-16(12-10-15)17(23)19-3;/h9-12H,4-8,13-14H2,1-3H3,(H,19,23)(H2,20,21,22);1H. The molecule has 5 nitrogen and oxygen atoms in total. The highest BCUT2D eigenvalue weighted by Crippen LogP contribution is 2.05. The molecule has 0 aliphatic heterocycles. The highest BCUT2D eigenvalue weighted by Gasteiger charge is 2.02. The number of benzene rings is 1. The van der Waals surface area contributed by atoms with E-state index < -0.39 is 0 Å². The zero-order chi connectivity index (χ0) is 16.9. The van der Waals surface area contributed by atoms with Crippen LogP contribution in [0.4, 0.5) is 0 Å². The van der Waals surface area contributed by atoms with E-state index in [2.05, 4.69) is 34.8 Å². The summed E-state index contributed by atoms with van der Waals surface area (Å²) in [6.45, 7) is 6.66. The molecule has 0 unspecified atom stereocenters. The molecular weight excluding hydrogens is 415 g/mol. The van der Waals surface area contributed by atoms with Crippen molar-refractivity contribution in [2.75, 3.05) is 20.1 Å². The summed E-state index contributed by atoms with van der Waals surface area (Å²) in [7, 11) is 1.63. The Hall–Kier alpha value is -1.31. The van der Waals surface area contributed by atoms with Gasteiger partial charge in [-0.25, -0.2) is 4.99 Å². The normalized spacial score (nSPS) is 10.7. The lowest BCUT2D eigenvalue weighted by Crippen LogP contribution is -2.37. The fraction of sp³-hybridized carbons (Fsp3) is 0.556. The zero-order valence-corrected chi connectivity index (χ0v) is 17.4. The molecule has 1 aromatic rings. The molecule has 0 atom stereocenters. The first kappa shape index (κ1) is 22.7. The number of halogens is 1. The molecule has 3 N–H and O–H groups in total. The number of aliphatic imine (C=N–C) groups is 1. The topological polar surface area (TPSA) is 65.5 Å². The monoisotopic (exact) mass is 446 g/mol. The second-order valence-corrected chi connectivity index (χ2v) is 5.46. The van der Waals surface area contributed by atoms with Gasteiger partial charge in [-0.2, -0.15) is 0 Å². The summed E-state index contributed by atoms with van der Waals surface area (Å²) in [6.07, 6.45) is 4.95. The van der Waals surface area contributed by atoms with Crippen molar-refractivity contribution in [1.82, 2.24) is 16.0 Å². The molecule has 0 saturated carbocycles. The maximum Gasteiger partial charge on any atom is 0.251 e. The number of rotatable bonds is 9. The molecule has 0 bridgehead atoms. The van der Waals surface area contributed by atoms with Gasteiger partial charge in [0.15, 0.2) is 5.96 Å². The van der Waals surface area contributed by atoms with E-state index in [4.69, 9.17) is 0 Å². The minimum absolute atomic E-state index is 0. The quantitative estimate of drug-likeness (QED) is 0.236. The maximum absolute atomic E-state index is 11.5. The van der Waals surface area contributed by atoms with Gasteiger partial charge in [-0.15, -0.1) is 24.0 Å². The van der Waals surface area contributed by atoms with Crippen LogP contribution in [-0.4, -0.2) is 32.0 Å². The first-order valence-corrected chi connectivity index (χ1v) is 8.54. The third-order valence-corrected chi connectivity index (χ3v) is 3.53. The van der Waals surface area contributed by atoms with Crippen molar-refractivity contribution in [2.24, 2.45) is 4.99 Å². The lowest BCUT2D eigenvalue weighted by molar-refractivity contribution is 0.0963. The second-order valence-electron chi connectivity index (χ2n) is 5.46. The maximum atomic E-state index is 11.5. The molecule has 1 rings (SSSR count). The molecule has 0 aliphatic carbocycles. The molecule has 0 spiro atoms. The molecule has 0 heterocycles. The molecule has 0 aliphatic rings. The number of guanidine groups is 1. The van der Waals surface area contributed by atoms with E-state index in [0.29, 0.717) is 12.1 Å².